The summed E-state index contributed by atoms with van der Waals surface area (Å²) < 4.78 is 5.44. The highest BCUT2D eigenvalue weighted by Crippen LogP contribution is 2.17. The van der Waals surface area contributed by atoms with E-state index in [9.17, 15) is 4.79 Å². The second-order valence-electron chi connectivity index (χ2n) is 5.45. The lowest BCUT2D eigenvalue weighted by Crippen LogP contribution is -2.43. The van der Waals surface area contributed by atoms with Crippen molar-refractivity contribution in [2.24, 2.45) is 5.73 Å². The minimum atomic E-state index is -0.242. The lowest BCUT2D eigenvalue weighted by Gasteiger charge is -2.20. The van der Waals surface area contributed by atoms with Gasteiger partial charge in [0, 0.05) is 11.6 Å². The zero-order valence-electron chi connectivity index (χ0n) is 11.5. The van der Waals surface area contributed by atoms with Crippen molar-refractivity contribution in [2.75, 3.05) is 6.61 Å². The zero-order valence-corrected chi connectivity index (χ0v) is 11.5. The molecule has 0 bridgehead atoms. The molecule has 0 heterocycles. The highest BCUT2D eigenvalue weighted by molar-refractivity contribution is 5.78. The van der Waals surface area contributed by atoms with Crippen LogP contribution >= 0.6 is 0 Å². The van der Waals surface area contributed by atoms with E-state index in [2.05, 4.69) is 5.32 Å². The molecular formula is C14H22N2O2. The number of carbonyl (C=O) groups excluding carboxylic acids is 1. The predicted molar refractivity (Wildman–Crippen MR) is 72.4 cm³/mol. The molecule has 0 spiro atoms. The van der Waals surface area contributed by atoms with E-state index in [1.165, 1.54) is 0 Å². The van der Waals surface area contributed by atoms with Gasteiger partial charge >= 0.3 is 0 Å². The summed E-state index contributed by atoms with van der Waals surface area (Å²) in [5.74, 6) is 0.530. The maximum atomic E-state index is 11.6. The van der Waals surface area contributed by atoms with Crippen LogP contribution in [0.3, 0.4) is 0 Å². The Hall–Kier alpha value is -1.55. The third-order valence-corrected chi connectivity index (χ3v) is 2.27. The normalized spacial score (nSPS) is 12.9. The van der Waals surface area contributed by atoms with E-state index in [4.69, 9.17) is 10.5 Å². The van der Waals surface area contributed by atoms with Gasteiger partial charge in [0.1, 0.15) is 5.75 Å². The van der Waals surface area contributed by atoms with Crippen molar-refractivity contribution in [1.82, 2.24) is 5.32 Å². The summed E-state index contributed by atoms with van der Waals surface area (Å²) in [5.41, 5.74) is 6.53. The SMILES string of the molecule is CC(N)c1cccc(OCC(=O)NC(C)(C)C)c1. The fourth-order valence-corrected chi connectivity index (χ4v) is 1.49. The maximum Gasteiger partial charge on any atom is 0.258 e. The third-order valence-electron chi connectivity index (χ3n) is 2.27. The van der Waals surface area contributed by atoms with Crippen molar-refractivity contribution in [2.45, 2.75) is 39.3 Å². The fraction of sp³-hybridized carbons (Fsp3) is 0.500. The van der Waals surface area contributed by atoms with Crippen LogP contribution in [0.25, 0.3) is 0 Å². The molecule has 1 amide bonds. The molecule has 0 saturated carbocycles. The molecule has 4 nitrogen and oxygen atoms in total. The number of hydrogen-bond donors (Lipinski definition) is 2. The largest absolute Gasteiger partial charge is 0.484 e. The van der Waals surface area contributed by atoms with Crippen LogP contribution in [-0.4, -0.2) is 18.1 Å². The van der Waals surface area contributed by atoms with Gasteiger partial charge in [0.2, 0.25) is 0 Å². The first-order chi connectivity index (χ1) is 8.28. The summed E-state index contributed by atoms with van der Waals surface area (Å²) >= 11 is 0. The summed E-state index contributed by atoms with van der Waals surface area (Å²) in [4.78, 5) is 11.6. The van der Waals surface area contributed by atoms with Gasteiger partial charge in [-0.2, -0.15) is 0 Å². The van der Waals surface area contributed by atoms with Gasteiger partial charge in [0.25, 0.3) is 5.91 Å². The lowest BCUT2D eigenvalue weighted by atomic mass is 10.1. The molecule has 1 unspecified atom stereocenters. The second kappa shape index (κ2) is 5.87. The number of carbonyl (C=O) groups is 1. The molecule has 100 valence electrons. The van der Waals surface area contributed by atoms with E-state index < -0.39 is 0 Å². The first kappa shape index (κ1) is 14.5. The predicted octanol–water partition coefficient (Wildman–Crippen LogP) is 2.00. The molecule has 18 heavy (non-hydrogen) atoms. The summed E-state index contributed by atoms with van der Waals surface area (Å²) in [7, 11) is 0. The Labute approximate surface area is 109 Å². The molecular weight excluding hydrogens is 228 g/mol. The number of benzene rings is 1. The van der Waals surface area contributed by atoms with Crippen LogP contribution < -0.4 is 15.8 Å². The average Bonchev–Trinajstić information content (AvgIpc) is 2.24. The Bertz CT molecular complexity index is 409. The first-order valence-electron chi connectivity index (χ1n) is 6.07. The molecule has 1 rings (SSSR count). The van der Waals surface area contributed by atoms with Gasteiger partial charge in [0.15, 0.2) is 6.61 Å². The number of amides is 1. The summed E-state index contributed by atoms with van der Waals surface area (Å²) in [6, 6.07) is 7.44. The van der Waals surface area contributed by atoms with Crippen LogP contribution in [0.1, 0.15) is 39.3 Å². The van der Waals surface area contributed by atoms with E-state index in [0.29, 0.717) is 5.75 Å². The van der Waals surface area contributed by atoms with E-state index in [0.717, 1.165) is 5.56 Å². The number of rotatable bonds is 4. The molecule has 0 aliphatic carbocycles. The zero-order chi connectivity index (χ0) is 13.8. The van der Waals surface area contributed by atoms with Crippen LogP contribution in [0.5, 0.6) is 5.75 Å². The molecule has 3 N–H and O–H groups in total. The highest BCUT2D eigenvalue weighted by Gasteiger charge is 2.14. The smallest absolute Gasteiger partial charge is 0.258 e. The molecule has 0 saturated heterocycles. The molecule has 1 aromatic carbocycles. The highest BCUT2D eigenvalue weighted by atomic mass is 16.5. The van der Waals surface area contributed by atoms with Gasteiger partial charge in [-0.15, -0.1) is 0 Å². The molecule has 1 aromatic rings. The Morgan fingerprint density at radius 3 is 2.67 bits per heavy atom. The first-order valence-corrected chi connectivity index (χ1v) is 6.07. The second-order valence-corrected chi connectivity index (χ2v) is 5.45. The van der Waals surface area contributed by atoms with E-state index in [1.807, 2.05) is 52.0 Å². The standard InChI is InChI=1S/C14H22N2O2/c1-10(15)11-6-5-7-12(8-11)18-9-13(17)16-14(2,3)4/h5-8,10H,9,15H2,1-4H3,(H,16,17). The molecule has 0 aliphatic heterocycles. The Morgan fingerprint density at radius 1 is 1.44 bits per heavy atom. The summed E-state index contributed by atoms with van der Waals surface area (Å²) in [6.07, 6.45) is 0. The van der Waals surface area contributed by atoms with Gasteiger partial charge in [-0.25, -0.2) is 0 Å². The van der Waals surface area contributed by atoms with Crippen molar-refractivity contribution in [1.29, 1.82) is 0 Å². The van der Waals surface area contributed by atoms with Gasteiger partial charge in [-0.1, -0.05) is 12.1 Å². The molecule has 1 atom stereocenters. The average molecular weight is 250 g/mol. The van der Waals surface area contributed by atoms with Gasteiger partial charge < -0.3 is 15.8 Å². The van der Waals surface area contributed by atoms with Crippen molar-refractivity contribution < 1.29 is 9.53 Å². The van der Waals surface area contributed by atoms with Crippen LogP contribution in [0.2, 0.25) is 0 Å². The van der Waals surface area contributed by atoms with Crippen molar-refractivity contribution in [3.8, 4) is 5.75 Å². The van der Waals surface area contributed by atoms with E-state index in [-0.39, 0.29) is 24.1 Å². The Kier molecular flexibility index (Phi) is 4.73. The topological polar surface area (TPSA) is 64.3 Å². The maximum absolute atomic E-state index is 11.6. The summed E-state index contributed by atoms with van der Waals surface area (Å²) in [5, 5.41) is 2.84. The van der Waals surface area contributed by atoms with E-state index >= 15 is 0 Å². The minimum Gasteiger partial charge on any atom is -0.484 e. The molecule has 0 aromatic heterocycles. The van der Waals surface area contributed by atoms with Crippen molar-refractivity contribution >= 4 is 5.91 Å². The monoisotopic (exact) mass is 250 g/mol. The van der Waals surface area contributed by atoms with E-state index in [1.54, 1.807) is 0 Å². The molecule has 4 heteroatoms. The number of ether oxygens (including phenoxy) is 1. The Morgan fingerprint density at radius 2 is 2.11 bits per heavy atom. The van der Waals surface area contributed by atoms with Gasteiger partial charge in [0.05, 0.1) is 0 Å². The number of hydrogen-bond acceptors (Lipinski definition) is 3. The molecule has 0 radical (unpaired) electrons. The summed E-state index contributed by atoms with van der Waals surface area (Å²) in [6.45, 7) is 7.72. The van der Waals surface area contributed by atoms with Crippen molar-refractivity contribution in [3.05, 3.63) is 29.8 Å². The number of nitrogens with one attached hydrogen (secondary N) is 1. The molecule has 0 aliphatic rings. The fourth-order valence-electron chi connectivity index (χ4n) is 1.49. The minimum absolute atomic E-state index is 0.0136. The van der Waals surface area contributed by atoms with Crippen LogP contribution in [-0.2, 0) is 4.79 Å². The third kappa shape index (κ3) is 5.19. The lowest BCUT2D eigenvalue weighted by molar-refractivity contribution is -0.124. The van der Waals surface area contributed by atoms with Crippen LogP contribution in [0.15, 0.2) is 24.3 Å². The number of nitrogens with two attached hydrogens (primary N) is 1. The van der Waals surface area contributed by atoms with Crippen molar-refractivity contribution in [3.63, 3.8) is 0 Å². The van der Waals surface area contributed by atoms with Crippen LogP contribution in [0.4, 0.5) is 0 Å². The molecule has 0 fully saturated rings. The van der Waals surface area contributed by atoms with Gasteiger partial charge in [-0.05, 0) is 45.4 Å². The van der Waals surface area contributed by atoms with Gasteiger partial charge in [-0.3, -0.25) is 4.79 Å². The Balaban J connectivity index is 2.53. The van der Waals surface area contributed by atoms with Crippen LogP contribution in [0, 0.1) is 0 Å². The quantitative estimate of drug-likeness (QED) is 0.859.